The maximum absolute atomic E-state index is 5.92. The molecule has 0 unspecified atom stereocenters. The third-order valence-electron chi connectivity index (χ3n) is 3.62. The summed E-state index contributed by atoms with van der Waals surface area (Å²) in [6.45, 7) is 5.22. The molecule has 6 heteroatoms. The topological polar surface area (TPSA) is 34.0 Å². The molecule has 0 spiro atoms. The lowest BCUT2D eigenvalue weighted by molar-refractivity contribution is 0.350. The fraction of sp³-hybridized carbons (Fsp3) is 0.429. The number of nitrogens with zero attached hydrogens (tertiary/aromatic N) is 4. The van der Waals surface area contributed by atoms with Crippen molar-refractivity contribution in [2.75, 3.05) is 18.0 Å². The number of hydrogen-bond acceptors (Lipinski definition) is 3. The number of imidazole rings is 1. The molecule has 0 amide bonds. The summed E-state index contributed by atoms with van der Waals surface area (Å²) in [5.41, 5.74) is 0. The van der Waals surface area contributed by atoms with Crippen molar-refractivity contribution in [3.8, 4) is 0 Å². The summed E-state index contributed by atoms with van der Waals surface area (Å²) in [5.74, 6) is 2.79. The van der Waals surface area contributed by atoms with Crippen molar-refractivity contribution in [2.24, 2.45) is 5.92 Å². The van der Waals surface area contributed by atoms with Crippen LogP contribution in [-0.4, -0.2) is 27.6 Å². The van der Waals surface area contributed by atoms with Crippen molar-refractivity contribution in [3.05, 3.63) is 40.0 Å². The van der Waals surface area contributed by atoms with Crippen molar-refractivity contribution in [1.82, 2.24) is 14.5 Å². The molecule has 1 aliphatic rings. The summed E-state index contributed by atoms with van der Waals surface area (Å²) in [4.78, 5) is 11.0. The van der Waals surface area contributed by atoms with E-state index >= 15 is 0 Å². The second kappa shape index (κ2) is 5.74. The quantitative estimate of drug-likeness (QED) is 0.843. The Hall–Kier alpha value is -1.07. The van der Waals surface area contributed by atoms with Crippen LogP contribution in [0.5, 0.6) is 0 Å². The molecule has 3 rings (SSSR count). The minimum Gasteiger partial charge on any atom is -0.355 e. The smallest absolute Gasteiger partial charge is 0.142 e. The zero-order valence-corrected chi connectivity index (χ0v) is 13.6. The van der Waals surface area contributed by atoms with Gasteiger partial charge in [-0.25, -0.2) is 9.97 Å². The van der Waals surface area contributed by atoms with Crippen LogP contribution in [0, 0.1) is 5.92 Å². The molecular weight excluding hydrogens is 340 g/mol. The molecule has 1 fully saturated rings. The van der Waals surface area contributed by atoms with Crippen LogP contribution in [0.4, 0.5) is 5.82 Å². The molecule has 4 nitrogen and oxygen atoms in total. The average molecular weight is 356 g/mol. The maximum atomic E-state index is 5.92. The molecular formula is C14H16BrClN4. The number of aryl methyl sites for hydroxylation is 1. The molecule has 0 N–H and O–H groups in total. The van der Waals surface area contributed by atoms with E-state index in [1.54, 1.807) is 6.20 Å². The number of aromatic nitrogens is 3. The molecule has 2 aromatic rings. The molecule has 0 bridgehead atoms. The van der Waals surface area contributed by atoms with Gasteiger partial charge in [0.2, 0.25) is 0 Å². The van der Waals surface area contributed by atoms with Crippen LogP contribution in [0.2, 0.25) is 5.02 Å². The molecule has 20 heavy (non-hydrogen) atoms. The lowest BCUT2D eigenvalue weighted by Crippen LogP contribution is -2.49. The van der Waals surface area contributed by atoms with Gasteiger partial charge < -0.3 is 9.47 Å². The fourth-order valence-corrected chi connectivity index (χ4v) is 3.49. The van der Waals surface area contributed by atoms with Gasteiger partial charge in [0.1, 0.15) is 11.6 Å². The largest absolute Gasteiger partial charge is 0.355 e. The van der Waals surface area contributed by atoms with E-state index < -0.39 is 0 Å². The SMILES string of the molecule is CCc1nccn1CC1CN(c2ncc(Cl)cc2Br)C1. The third-order valence-corrected chi connectivity index (χ3v) is 4.41. The van der Waals surface area contributed by atoms with Crippen LogP contribution in [-0.2, 0) is 13.0 Å². The Bertz CT molecular complexity index is 607. The van der Waals surface area contributed by atoms with E-state index in [2.05, 4.69) is 48.5 Å². The minimum atomic E-state index is 0.652. The molecule has 106 valence electrons. The molecule has 0 aromatic carbocycles. The highest BCUT2D eigenvalue weighted by Gasteiger charge is 2.29. The molecule has 1 aliphatic heterocycles. The van der Waals surface area contributed by atoms with Crippen molar-refractivity contribution >= 4 is 33.3 Å². The second-order valence-electron chi connectivity index (χ2n) is 5.08. The normalized spacial score (nSPS) is 15.4. The Morgan fingerprint density at radius 3 is 2.90 bits per heavy atom. The van der Waals surface area contributed by atoms with E-state index in [1.807, 2.05) is 12.3 Å². The van der Waals surface area contributed by atoms with Gasteiger partial charge in [-0.3, -0.25) is 0 Å². The summed E-state index contributed by atoms with van der Waals surface area (Å²) in [6.07, 6.45) is 6.62. The molecule has 0 radical (unpaired) electrons. The van der Waals surface area contributed by atoms with Crippen LogP contribution < -0.4 is 4.90 Å². The van der Waals surface area contributed by atoms with Gasteiger partial charge >= 0.3 is 0 Å². The lowest BCUT2D eigenvalue weighted by atomic mass is 10.00. The molecule has 2 aromatic heterocycles. The van der Waals surface area contributed by atoms with Crippen molar-refractivity contribution in [2.45, 2.75) is 19.9 Å². The number of pyridine rings is 1. The van der Waals surface area contributed by atoms with Gasteiger partial charge in [0.15, 0.2) is 0 Å². The Morgan fingerprint density at radius 1 is 1.40 bits per heavy atom. The summed E-state index contributed by atoms with van der Waals surface area (Å²) in [5, 5.41) is 0.656. The van der Waals surface area contributed by atoms with Gasteiger partial charge in [-0.2, -0.15) is 0 Å². The van der Waals surface area contributed by atoms with Crippen LogP contribution in [0.25, 0.3) is 0 Å². The van der Waals surface area contributed by atoms with Gasteiger partial charge in [-0.1, -0.05) is 18.5 Å². The number of hydrogen-bond donors (Lipinski definition) is 0. The summed E-state index contributed by atoms with van der Waals surface area (Å²) >= 11 is 9.44. The number of halogens is 2. The van der Waals surface area contributed by atoms with E-state index in [9.17, 15) is 0 Å². The Balaban J connectivity index is 1.61. The Morgan fingerprint density at radius 2 is 2.20 bits per heavy atom. The zero-order valence-electron chi connectivity index (χ0n) is 11.3. The van der Waals surface area contributed by atoms with E-state index in [4.69, 9.17) is 11.6 Å². The maximum Gasteiger partial charge on any atom is 0.142 e. The predicted molar refractivity (Wildman–Crippen MR) is 84.3 cm³/mol. The molecule has 3 heterocycles. The van der Waals surface area contributed by atoms with Crippen LogP contribution in [0.1, 0.15) is 12.7 Å². The van der Waals surface area contributed by atoms with Crippen LogP contribution in [0.15, 0.2) is 29.1 Å². The number of anilines is 1. The highest BCUT2D eigenvalue weighted by atomic mass is 79.9. The summed E-state index contributed by atoms with van der Waals surface area (Å²) < 4.78 is 3.21. The van der Waals surface area contributed by atoms with E-state index in [-0.39, 0.29) is 0 Å². The highest BCUT2D eigenvalue weighted by molar-refractivity contribution is 9.10. The minimum absolute atomic E-state index is 0.652. The monoisotopic (exact) mass is 354 g/mol. The van der Waals surface area contributed by atoms with Gasteiger partial charge in [0.05, 0.1) is 9.50 Å². The van der Waals surface area contributed by atoms with Gasteiger partial charge in [0.25, 0.3) is 0 Å². The first-order valence-corrected chi connectivity index (χ1v) is 7.90. The summed E-state index contributed by atoms with van der Waals surface area (Å²) in [7, 11) is 0. The van der Waals surface area contributed by atoms with Gasteiger partial charge in [-0.15, -0.1) is 0 Å². The third kappa shape index (κ3) is 2.69. The van der Waals surface area contributed by atoms with Crippen LogP contribution >= 0.6 is 27.5 Å². The van der Waals surface area contributed by atoms with Crippen LogP contribution in [0.3, 0.4) is 0 Å². The van der Waals surface area contributed by atoms with E-state index in [0.717, 1.165) is 42.2 Å². The van der Waals surface area contributed by atoms with Gasteiger partial charge in [-0.05, 0) is 22.0 Å². The zero-order chi connectivity index (χ0) is 14.1. The molecule has 0 aliphatic carbocycles. The van der Waals surface area contributed by atoms with Crippen molar-refractivity contribution < 1.29 is 0 Å². The van der Waals surface area contributed by atoms with Crippen molar-refractivity contribution in [1.29, 1.82) is 0 Å². The number of rotatable bonds is 4. The first kappa shape index (κ1) is 13.9. The van der Waals surface area contributed by atoms with E-state index in [1.165, 1.54) is 0 Å². The first-order chi connectivity index (χ1) is 9.67. The molecule has 0 atom stereocenters. The van der Waals surface area contributed by atoms with Crippen molar-refractivity contribution in [3.63, 3.8) is 0 Å². The first-order valence-electron chi connectivity index (χ1n) is 6.73. The average Bonchev–Trinajstić information content (AvgIpc) is 2.81. The fourth-order valence-electron chi connectivity index (χ4n) is 2.60. The Kier molecular flexibility index (Phi) is 3.98. The predicted octanol–water partition coefficient (Wildman–Crippen LogP) is 3.39. The molecule has 1 saturated heterocycles. The lowest BCUT2D eigenvalue weighted by Gasteiger charge is -2.41. The Labute approximate surface area is 131 Å². The second-order valence-corrected chi connectivity index (χ2v) is 6.37. The standard InChI is InChI=1S/C14H16BrClN4/c1-2-13-17-3-4-19(13)7-10-8-20(9-10)14-12(15)5-11(16)6-18-14/h3-6,10H,2,7-9H2,1H3. The summed E-state index contributed by atoms with van der Waals surface area (Å²) in [6, 6.07) is 1.89. The van der Waals surface area contributed by atoms with E-state index in [0.29, 0.717) is 10.9 Å². The highest BCUT2D eigenvalue weighted by Crippen LogP contribution is 2.31. The molecule has 0 saturated carbocycles. The van der Waals surface area contributed by atoms with Gasteiger partial charge in [0, 0.05) is 50.6 Å².